The molecule has 0 amide bonds. The fraction of sp³-hybridized carbons (Fsp3) is 0.143. The van der Waals surface area contributed by atoms with E-state index in [1.807, 2.05) is 0 Å². The lowest BCUT2D eigenvalue weighted by atomic mass is 10.2. The highest BCUT2D eigenvalue weighted by atomic mass is 35.5. The van der Waals surface area contributed by atoms with Crippen LogP contribution in [0.3, 0.4) is 0 Å². The Hall–Kier alpha value is -2.14. The van der Waals surface area contributed by atoms with Gasteiger partial charge in [-0.15, -0.1) is 0 Å². The van der Waals surface area contributed by atoms with Crippen LogP contribution in [0.4, 0.5) is 10.1 Å². The fourth-order valence-corrected chi connectivity index (χ4v) is 1.82. The number of hydrogen-bond donors (Lipinski definition) is 0. The van der Waals surface area contributed by atoms with Crippen LogP contribution in [0.1, 0.15) is 11.1 Å². The molecule has 2 rings (SSSR count). The monoisotopic (exact) mass is 295 g/mol. The van der Waals surface area contributed by atoms with Crippen molar-refractivity contribution < 1.29 is 14.1 Å². The summed E-state index contributed by atoms with van der Waals surface area (Å²) in [5.41, 5.74) is 1.05. The second kappa shape index (κ2) is 5.88. The van der Waals surface area contributed by atoms with Crippen molar-refractivity contribution in [2.75, 3.05) is 0 Å². The van der Waals surface area contributed by atoms with Crippen molar-refractivity contribution in [1.29, 1.82) is 0 Å². The van der Waals surface area contributed by atoms with Crippen molar-refractivity contribution in [3.05, 3.63) is 68.5 Å². The molecule has 0 aliphatic heterocycles. The summed E-state index contributed by atoms with van der Waals surface area (Å²) in [5.74, 6) is 0.0276. The number of nitro benzene ring substituents is 1. The maximum atomic E-state index is 13.3. The second-order valence-electron chi connectivity index (χ2n) is 4.23. The summed E-state index contributed by atoms with van der Waals surface area (Å²) in [5, 5.41) is 10.8. The lowest BCUT2D eigenvalue weighted by Crippen LogP contribution is -1.98. The van der Waals surface area contributed by atoms with E-state index in [1.165, 1.54) is 24.3 Å². The molecule has 0 N–H and O–H groups in total. The standard InChI is InChI=1S/C14H11ClFNO3/c1-9-2-5-12(7-14(9)16)20-8-10-3-4-11(17(18)19)6-13(10)15/h2-7H,8H2,1H3. The Labute approximate surface area is 119 Å². The molecular weight excluding hydrogens is 285 g/mol. The van der Waals surface area contributed by atoms with Crippen LogP contribution in [0, 0.1) is 22.9 Å². The van der Waals surface area contributed by atoms with E-state index in [-0.39, 0.29) is 23.1 Å². The summed E-state index contributed by atoms with van der Waals surface area (Å²) < 4.78 is 18.8. The minimum absolute atomic E-state index is 0.0832. The Balaban J connectivity index is 2.10. The van der Waals surface area contributed by atoms with E-state index in [9.17, 15) is 14.5 Å². The predicted octanol–water partition coefficient (Wildman–Crippen LogP) is 4.27. The number of halogens is 2. The van der Waals surface area contributed by atoms with Crippen molar-refractivity contribution in [2.24, 2.45) is 0 Å². The van der Waals surface area contributed by atoms with Crippen LogP contribution in [0.5, 0.6) is 5.75 Å². The molecule has 0 spiro atoms. The van der Waals surface area contributed by atoms with Gasteiger partial charge < -0.3 is 4.74 Å². The first-order valence-electron chi connectivity index (χ1n) is 5.79. The molecule has 6 heteroatoms. The summed E-state index contributed by atoms with van der Waals surface area (Å²) in [6.45, 7) is 1.77. The first kappa shape index (κ1) is 14.3. The van der Waals surface area contributed by atoms with E-state index in [1.54, 1.807) is 19.1 Å². The molecule has 0 saturated heterocycles. The number of rotatable bonds is 4. The Morgan fingerprint density at radius 3 is 2.65 bits per heavy atom. The van der Waals surface area contributed by atoms with Gasteiger partial charge in [0.15, 0.2) is 0 Å². The van der Waals surface area contributed by atoms with Gasteiger partial charge >= 0.3 is 0 Å². The van der Waals surface area contributed by atoms with Gasteiger partial charge in [-0.25, -0.2) is 4.39 Å². The molecule has 0 aliphatic rings. The Bertz CT molecular complexity index is 661. The van der Waals surface area contributed by atoms with Crippen LogP contribution in [-0.2, 0) is 6.61 Å². The molecule has 104 valence electrons. The lowest BCUT2D eigenvalue weighted by Gasteiger charge is -2.08. The van der Waals surface area contributed by atoms with Crippen LogP contribution in [0.25, 0.3) is 0 Å². The lowest BCUT2D eigenvalue weighted by molar-refractivity contribution is -0.384. The summed E-state index contributed by atoms with van der Waals surface area (Å²) in [6.07, 6.45) is 0. The number of nitrogens with zero attached hydrogens (tertiary/aromatic N) is 1. The summed E-state index contributed by atoms with van der Waals surface area (Å²) >= 11 is 5.94. The molecule has 0 bridgehead atoms. The molecular formula is C14H11ClFNO3. The Kier molecular flexibility index (Phi) is 4.20. The van der Waals surface area contributed by atoms with E-state index in [0.717, 1.165) is 0 Å². The summed E-state index contributed by atoms with van der Waals surface area (Å²) in [6, 6.07) is 8.68. The third kappa shape index (κ3) is 3.24. The van der Waals surface area contributed by atoms with Gasteiger partial charge in [-0.05, 0) is 24.6 Å². The molecule has 0 unspecified atom stereocenters. The van der Waals surface area contributed by atoms with Gasteiger partial charge in [-0.1, -0.05) is 17.7 Å². The topological polar surface area (TPSA) is 52.4 Å². The molecule has 20 heavy (non-hydrogen) atoms. The van der Waals surface area contributed by atoms with Crippen molar-refractivity contribution in [1.82, 2.24) is 0 Å². The van der Waals surface area contributed by atoms with Crippen LogP contribution in [0.15, 0.2) is 36.4 Å². The Morgan fingerprint density at radius 1 is 1.30 bits per heavy atom. The fourth-order valence-electron chi connectivity index (χ4n) is 1.59. The zero-order chi connectivity index (χ0) is 14.7. The molecule has 0 saturated carbocycles. The third-order valence-electron chi connectivity index (χ3n) is 2.79. The molecule has 0 aliphatic carbocycles. The van der Waals surface area contributed by atoms with Gasteiger partial charge in [0.2, 0.25) is 0 Å². The molecule has 4 nitrogen and oxygen atoms in total. The van der Waals surface area contributed by atoms with Crippen LogP contribution in [-0.4, -0.2) is 4.92 Å². The van der Waals surface area contributed by atoms with E-state index in [2.05, 4.69) is 0 Å². The average molecular weight is 296 g/mol. The molecule has 0 atom stereocenters. The van der Waals surface area contributed by atoms with Crippen molar-refractivity contribution in [3.63, 3.8) is 0 Å². The van der Waals surface area contributed by atoms with Crippen LogP contribution >= 0.6 is 11.6 Å². The van der Waals surface area contributed by atoms with Gasteiger partial charge in [-0.3, -0.25) is 10.1 Å². The molecule has 0 fully saturated rings. The van der Waals surface area contributed by atoms with Crippen molar-refractivity contribution in [2.45, 2.75) is 13.5 Å². The van der Waals surface area contributed by atoms with Crippen LogP contribution < -0.4 is 4.74 Å². The van der Waals surface area contributed by atoms with Crippen molar-refractivity contribution in [3.8, 4) is 5.75 Å². The molecule has 2 aromatic rings. The van der Waals surface area contributed by atoms with Gasteiger partial charge in [0.05, 0.1) is 9.95 Å². The summed E-state index contributed by atoms with van der Waals surface area (Å²) in [7, 11) is 0. The highest BCUT2D eigenvalue weighted by Gasteiger charge is 2.10. The highest BCUT2D eigenvalue weighted by molar-refractivity contribution is 6.31. The van der Waals surface area contributed by atoms with E-state index >= 15 is 0 Å². The molecule has 0 aromatic heterocycles. The van der Waals surface area contributed by atoms with Gasteiger partial charge in [0.1, 0.15) is 18.2 Å². The largest absolute Gasteiger partial charge is 0.489 e. The second-order valence-corrected chi connectivity index (χ2v) is 4.64. The highest BCUT2D eigenvalue weighted by Crippen LogP contribution is 2.24. The number of hydrogen-bond acceptors (Lipinski definition) is 3. The first-order valence-corrected chi connectivity index (χ1v) is 6.17. The molecule has 0 heterocycles. The zero-order valence-corrected chi connectivity index (χ0v) is 11.4. The third-order valence-corrected chi connectivity index (χ3v) is 3.14. The quantitative estimate of drug-likeness (QED) is 0.625. The summed E-state index contributed by atoms with van der Waals surface area (Å²) in [4.78, 5) is 10.1. The average Bonchev–Trinajstić information content (AvgIpc) is 2.41. The van der Waals surface area contributed by atoms with Crippen LogP contribution in [0.2, 0.25) is 5.02 Å². The number of nitro groups is 1. The number of ether oxygens (including phenoxy) is 1. The number of non-ortho nitro benzene ring substituents is 1. The van der Waals surface area contributed by atoms with E-state index in [4.69, 9.17) is 16.3 Å². The first-order chi connectivity index (χ1) is 9.47. The predicted molar refractivity (Wildman–Crippen MR) is 73.6 cm³/mol. The Morgan fingerprint density at radius 2 is 2.05 bits per heavy atom. The smallest absolute Gasteiger partial charge is 0.270 e. The van der Waals surface area contributed by atoms with Crippen molar-refractivity contribution >= 4 is 17.3 Å². The number of benzene rings is 2. The van der Waals surface area contributed by atoms with E-state index < -0.39 is 4.92 Å². The zero-order valence-electron chi connectivity index (χ0n) is 10.6. The van der Waals surface area contributed by atoms with E-state index in [0.29, 0.717) is 16.9 Å². The number of aryl methyl sites for hydroxylation is 1. The maximum Gasteiger partial charge on any atom is 0.270 e. The molecule has 2 aromatic carbocycles. The van der Waals surface area contributed by atoms with Gasteiger partial charge in [0.25, 0.3) is 5.69 Å². The minimum atomic E-state index is -0.522. The molecule has 0 radical (unpaired) electrons. The van der Waals surface area contributed by atoms with Gasteiger partial charge in [-0.2, -0.15) is 0 Å². The van der Waals surface area contributed by atoms with Gasteiger partial charge in [0, 0.05) is 23.8 Å². The SMILES string of the molecule is Cc1ccc(OCc2ccc([N+](=O)[O-])cc2Cl)cc1F. The minimum Gasteiger partial charge on any atom is -0.489 e. The normalized spacial score (nSPS) is 10.3. The maximum absolute atomic E-state index is 13.3.